The highest BCUT2D eigenvalue weighted by atomic mass is 15.0. The third kappa shape index (κ3) is 2.18. The van der Waals surface area contributed by atoms with E-state index in [4.69, 9.17) is 10.9 Å². The first-order chi connectivity index (χ1) is 6.15. The van der Waals surface area contributed by atoms with E-state index < -0.39 is 6.04 Å². The van der Waals surface area contributed by atoms with Gasteiger partial charge in [-0.05, 0) is 31.5 Å². The summed E-state index contributed by atoms with van der Waals surface area (Å²) in [6.07, 6.45) is 1.67. The Balaban J connectivity index is 3.04. The second-order valence-electron chi connectivity index (χ2n) is 2.97. The lowest BCUT2D eigenvalue weighted by Gasteiger charge is -2.08. The number of aromatic nitrogens is 1. The van der Waals surface area contributed by atoms with E-state index in [-0.39, 0.29) is 0 Å². The van der Waals surface area contributed by atoms with E-state index in [2.05, 4.69) is 10.1 Å². The van der Waals surface area contributed by atoms with Crippen molar-refractivity contribution in [3.63, 3.8) is 0 Å². The third-order valence-electron chi connectivity index (χ3n) is 1.76. The standard InChI is InChI=1S/C9H12N4/c1-6-3-4-12-8(5-6)9(13-11)7(2)10/h3-5,9-11H,1-2H3. The molecule has 68 valence electrons. The van der Waals surface area contributed by atoms with Crippen molar-refractivity contribution in [3.8, 4) is 0 Å². The summed E-state index contributed by atoms with van der Waals surface area (Å²) in [5.74, 6) is 0. The lowest BCUT2D eigenvalue weighted by atomic mass is 10.1. The van der Waals surface area contributed by atoms with Gasteiger partial charge in [0.2, 0.25) is 0 Å². The van der Waals surface area contributed by atoms with Crippen LogP contribution < -0.4 is 0 Å². The van der Waals surface area contributed by atoms with Crippen molar-refractivity contribution in [2.75, 3.05) is 0 Å². The number of aryl methyl sites for hydroxylation is 1. The minimum atomic E-state index is -0.514. The maximum Gasteiger partial charge on any atom is 0.149 e. The normalized spacial score (nSPS) is 12.2. The first kappa shape index (κ1) is 9.51. The molecule has 1 unspecified atom stereocenters. The molecular formula is C9H12N4. The fraction of sp³-hybridized carbons (Fsp3) is 0.333. The molecule has 0 amide bonds. The average molecular weight is 176 g/mol. The topological polar surface area (TPSA) is 73.0 Å². The zero-order chi connectivity index (χ0) is 9.84. The van der Waals surface area contributed by atoms with Gasteiger partial charge in [-0.25, -0.2) is 5.53 Å². The molecule has 1 atom stereocenters. The van der Waals surface area contributed by atoms with Crippen molar-refractivity contribution in [3.05, 3.63) is 29.6 Å². The Morgan fingerprint density at radius 3 is 2.77 bits per heavy atom. The predicted molar refractivity (Wildman–Crippen MR) is 50.3 cm³/mol. The fourth-order valence-electron chi connectivity index (χ4n) is 1.09. The fourth-order valence-corrected chi connectivity index (χ4v) is 1.09. The van der Waals surface area contributed by atoms with Crippen LogP contribution >= 0.6 is 0 Å². The number of nitrogens with one attached hydrogen (secondary N) is 2. The Labute approximate surface area is 77.0 Å². The molecule has 0 radical (unpaired) electrons. The molecule has 4 nitrogen and oxygen atoms in total. The van der Waals surface area contributed by atoms with Crippen molar-refractivity contribution >= 4 is 5.71 Å². The molecule has 1 aromatic rings. The zero-order valence-electron chi connectivity index (χ0n) is 7.70. The Morgan fingerprint density at radius 1 is 1.62 bits per heavy atom. The summed E-state index contributed by atoms with van der Waals surface area (Å²) in [4.78, 5) is 4.08. The van der Waals surface area contributed by atoms with Gasteiger partial charge in [0.1, 0.15) is 6.04 Å². The van der Waals surface area contributed by atoms with Gasteiger partial charge in [-0.1, -0.05) is 0 Å². The number of nitrogens with zero attached hydrogens (tertiary/aromatic N) is 2. The van der Waals surface area contributed by atoms with Crippen molar-refractivity contribution in [2.45, 2.75) is 19.9 Å². The first-order valence-corrected chi connectivity index (χ1v) is 3.99. The molecule has 0 aliphatic heterocycles. The Morgan fingerprint density at radius 2 is 2.31 bits per heavy atom. The van der Waals surface area contributed by atoms with E-state index in [1.54, 1.807) is 13.1 Å². The van der Waals surface area contributed by atoms with E-state index in [1.807, 2.05) is 19.1 Å². The number of pyridine rings is 1. The largest absolute Gasteiger partial charge is 0.307 e. The number of hydrogen-bond acceptors (Lipinski definition) is 4. The average Bonchev–Trinajstić information content (AvgIpc) is 2.04. The van der Waals surface area contributed by atoms with Crippen LogP contribution in [0.2, 0.25) is 0 Å². The molecule has 0 aromatic carbocycles. The third-order valence-corrected chi connectivity index (χ3v) is 1.76. The zero-order valence-corrected chi connectivity index (χ0v) is 7.70. The van der Waals surface area contributed by atoms with Crippen LogP contribution in [0.5, 0.6) is 0 Å². The smallest absolute Gasteiger partial charge is 0.149 e. The molecule has 13 heavy (non-hydrogen) atoms. The van der Waals surface area contributed by atoms with Crippen LogP contribution in [0.1, 0.15) is 24.2 Å². The van der Waals surface area contributed by atoms with E-state index in [0.717, 1.165) is 5.56 Å². The van der Waals surface area contributed by atoms with Gasteiger partial charge in [0.05, 0.1) is 5.69 Å². The van der Waals surface area contributed by atoms with E-state index in [1.165, 1.54) is 0 Å². The quantitative estimate of drug-likeness (QED) is 0.539. The summed E-state index contributed by atoms with van der Waals surface area (Å²) in [5, 5.41) is 10.8. The second kappa shape index (κ2) is 3.89. The minimum Gasteiger partial charge on any atom is -0.307 e. The number of hydrogen-bond donors (Lipinski definition) is 2. The van der Waals surface area contributed by atoms with Crippen LogP contribution in [0.25, 0.3) is 0 Å². The van der Waals surface area contributed by atoms with E-state index in [0.29, 0.717) is 11.4 Å². The van der Waals surface area contributed by atoms with Crippen LogP contribution in [0.15, 0.2) is 23.4 Å². The predicted octanol–water partition coefficient (Wildman–Crippen LogP) is 2.50. The SMILES string of the molecule is CC(=N)C(N=N)c1cc(C)ccn1. The molecule has 0 fully saturated rings. The molecule has 0 saturated heterocycles. The van der Waals surface area contributed by atoms with Crippen molar-refractivity contribution in [2.24, 2.45) is 5.11 Å². The van der Waals surface area contributed by atoms with Crippen LogP contribution in [0.4, 0.5) is 0 Å². The summed E-state index contributed by atoms with van der Waals surface area (Å²) in [5.41, 5.74) is 9.02. The van der Waals surface area contributed by atoms with Gasteiger partial charge in [0.15, 0.2) is 0 Å². The molecule has 0 spiro atoms. The first-order valence-electron chi connectivity index (χ1n) is 3.99. The highest BCUT2D eigenvalue weighted by molar-refractivity contribution is 5.85. The molecule has 1 rings (SSSR count). The van der Waals surface area contributed by atoms with Gasteiger partial charge in [-0.2, -0.15) is 5.11 Å². The monoisotopic (exact) mass is 176 g/mol. The van der Waals surface area contributed by atoms with Gasteiger partial charge < -0.3 is 5.41 Å². The molecule has 1 aromatic heterocycles. The van der Waals surface area contributed by atoms with Crippen LogP contribution in [-0.2, 0) is 0 Å². The Kier molecular flexibility index (Phi) is 2.84. The summed E-state index contributed by atoms with van der Waals surface area (Å²) >= 11 is 0. The maximum atomic E-state index is 7.41. The second-order valence-corrected chi connectivity index (χ2v) is 2.97. The van der Waals surface area contributed by atoms with Crippen molar-refractivity contribution < 1.29 is 0 Å². The summed E-state index contributed by atoms with van der Waals surface area (Å²) in [6.45, 7) is 3.58. The highest BCUT2D eigenvalue weighted by Crippen LogP contribution is 2.16. The van der Waals surface area contributed by atoms with Crippen LogP contribution in [0.3, 0.4) is 0 Å². The number of rotatable bonds is 3. The van der Waals surface area contributed by atoms with Crippen LogP contribution in [0, 0.1) is 17.9 Å². The minimum absolute atomic E-state index is 0.341. The molecule has 0 bridgehead atoms. The molecule has 0 aliphatic carbocycles. The van der Waals surface area contributed by atoms with Gasteiger partial charge in [-0.3, -0.25) is 4.98 Å². The molecule has 0 saturated carbocycles. The highest BCUT2D eigenvalue weighted by Gasteiger charge is 2.13. The molecule has 4 heteroatoms. The van der Waals surface area contributed by atoms with Crippen molar-refractivity contribution in [1.82, 2.24) is 4.98 Å². The molecule has 1 heterocycles. The lowest BCUT2D eigenvalue weighted by Crippen LogP contribution is -2.06. The van der Waals surface area contributed by atoms with E-state index in [9.17, 15) is 0 Å². The molecule has 0 aliphatic rings. The van der Waals surface area contributed by atoms with Gasteiger partial charge in [-0.15, -0.1) is 0 Å². The van der Waals surface area contributed by atoms with Gasteiger partial charge in [0, 0.05) is 11.9 Å². The van der Waals surface area contributed by atoms with Crippen molar-refractivity contribution in [1.29, 1.82) is 10.9 Å². The lowest BCUT2D eigenvalue weighted by molar-refractivity contribution is 0.799. The Bertz CT molecular complexity index is 332. The summed E-state index contributed by atoms with van der Waals surface area (Å²) in [6, 6.07) is 3.21. The van der Waals surface area contributed by atoms with Gasteiger partial charge in [0.25, 0.3) is 0 Å². The summed E-state index contributed by atoms with van der Waals surface area (Å²) < 4.78 is 0. The van der Waals surface area contributed by atoms with Crippen LogP contribution in [-0.4, -0.2) is 10.7 Å². The molecular weight excluding hydrogens is 164 g/mol. The molecule has 2 N–H and O–H groups in total. The van der Waals surface area contributed by atoms with Gasteiger partial charge >= 0.3 is 0 Å². The summed E-state index contributed by atoms with van der Waals surface area (Å²) in [7, 11) is 0. The maximum absolute atomic E-state index is 7.41. The van der Waals surface area contributed by atoms with E-state index >= 15 is 0 Å². The Hall–Kier alpha value is -1.58.